The van der Waals surface area contributed by atoms with Crippen LogP contribution in [0.4, 0.5) is 14.5 Å². The van der Waals surface area contributed by atoms with Crippen LogP contribution in [-0.4, -0.2) is 9.78 Å². The molecule has 2 aromatic rings. The number of hydrogen-bond acceptors (Lipinski definition) is 2. The number of aryl methyl sites for hydroxylation is 2. The van der Waals surface area contributed by atoms with Crippen molar-refractivity contribution in [3.63, 3.8) is 0 Å². The summed E-state index contributed by atoms with van der Waals surface area (Å²) in [6.45, 7) is 2.28. The van der Waals surface area contributed by atoms with E-state index in [0.29, 0.717) is 6.54 Å². The molecule has 0 spiro atoms. The van der Waals surface area contributed by atoms with E-state index in [-0.39, 0.29) is 5.69 Å². The van der Waals surface area contributed by atoms with Crippen molar-refractivity contribution in [1.82, 2.24) is 9.78 Å². The number of anilines is 1. The normalized spacial score (nSPS) is 10.6. The molecule has 2 rings (SSSR count). The van der Waals surface area contributed by atoms with E-state index in [0.717, 1.165) is 29.6 Å². The zero-order valence-electron chi connectivity index (χ0n) is 9.67. The van der Waals surface area contributed by atoms with Crippen LogP contribution < -0.4 is 5.32 Å². The van der Waals surface area contributed by atoms with Gasteiger partial charge in [0.1, 0.15) is 11.6 Å². The smallest absolute Gasteiger partial charge is 0.146 e. The van der Waals surface area contributed by atoms with Gasteiger partial charge in [0.05, 0.1) is 23.6 Å². The maximum atomic E-state index is 13.3. The lowest BCUT2D eigenvalue weighted by molar-refractivity contribution is 0.601. The average Bonchev–Trinajstić information content (AvgIpc) is 2.59. The Morgan fingerprint density at radius 3 is 2.71 bits per heavy atom. The van der Waals surface area contributed by atoms with E-state index in [1.807, 2.05) is 20.0 Å². The Balaban J connectivity index is 2.12. The summed E-state index contributed by atoms with van der Waals surface area (Å²) < 4.78 is 28.0. The van der Waals surface area contributed by atoms with Gasteiger partial charge in [0, 0.05) is 7.05 Å². The van der Waals surface area contributed by atoms with Gasteiger partial charge >= 0.3 is 0 Å². The fourth-order valence-corrected chi connectivity index (χ4v) is 1.65. The van der Waals surface area contributed by atoms with Crippen molar-refractivity contribution >= 4 is 5.69 Å². The Kier molecular flexibility index (Phi) is 3.08. The minimum atomic E-state index is -0.467. The van der Waals surface area contributed by atoms with E-state index < -0.39 is 11.6 Å². The van der Waals surface area contributed by atoms with E-state index in [9.17, 15) is 8.78 Å². The molecule has 0 saturated heterocycles. The highest BCUT2D eigenvalue weighted by molar-refractivity contribution is 5.45. The molecule has 0 unspecified atom stereocenters. The van der Waals surface area contributed by atoms with Gasteiger partial charge in [-0.15, -0.1) is 0 Å². The Morgan fingerprint density at radius 1 is 1.29 bits per heavy atom. The first-order chi connectivity index (χ1) is 8.06. The van der Waals surface area contributed by atoms with Crippen LogP contribution in [0.3, 0.4) is 0 Å². The zero-order chi connectivity index (χ0) is 12.4. The van der Waals surface area contributed by atoms with Crippen LogP contribution >= 0.6 is 0 Å². The summed E-state index contributed by atoms with van der Waals surface area (Å²) >= 11 is 0. The number of nitrogens with one attached hydrogen (secondary N) is 1. The van der Waals surface area contributed by atoms with Gasteiger partial charge in [0.15, 0.2) is 0 Å². The lowest BCUT2D eigenvalue weighted by Crippen LogP contribution is -2.06. The van der Waals surface area contributed by atoms with Crippen molar-refractivity contribution < 1.29 is 8.78 Å². The van der Waals surface area contributed by atoms with E-state index in [1.165, 1.54) is 0 Å². The molecular formula is C12H13F2N3. The van der Waals surface area contributed by atoms with Crippen LogP contribution in [0.15, 0.2) is 24.3 Å². The lowest BCUT2D eigenvalue weighted by Gasteiger charge is -2.07. The highest BCUT2D eigenvalue weighted by atomic mass is 19.1. The number of rotatable bonds is 3. The van der Waals surface area contributed by atoms with Crippen molar-refractivity contribution in [2.45, 2.75) is 13.5 Å². The van der Waals surface area contributed by atoms with Crippen LogP contribution in [0, 0.1) is 18.6 Å². The summed E-state index contributed by atoms with van der Waals surface area (Å²) in [5.74, 6) is -0.930. The number of nitrogens with zero attached hydrogens (tertiary/aromatic N) is 2. The van der Waals surface area contributed by atoms with Gasteiger partial charge in [0.2, 0.25) is 0 Å². The number of halogens is 2. The molecule has 1 aromatic heterocycles. The summed E-state index contributed by atoms with van der Waals surface area (Å²) in [4.78, 5) is 0. The summed E-state index contributed by atoms with van der Waals surface area (Å²) in [5, 5.41) is 7.02. The molecule has 3 nitrogen and oxygen atoms in total. The van der Waals surface area contributed by atoms with E-state index in [4.69, 9.17) is 0 Å². The van der Waals surface area contributed by atoms with Crippen molar-refractivity contribution in [3.8, 4) is 0 Å². The zero-order valence-corrected chi connectivity index (χ0v) is 9.67. The van der Waals surface area contributed by atoms with E-state index in [2.05, 4.69) is 10.4 Å². The fraction of sp³-hybridized carbons (Fsp3) is 0.250. The maximum Gasteiger partial charge on any atom is 0.146 e. The van der Waals surface area contributed by atoms with Gasteiger partial charge in [-0.2, -0.15) is 5.10 Å². The standard InChI is InChI=1S/C12H13F2N3/c1-8-5-10(17(2)16-8)7-15-12-6-9(13)3-4-11(12)14/h3-6,15H,7H2,1-2H3. The predicted octanol–water partition coefficient (Wildman–Crippen LogP) is 2.62. The molecule has 90 valence electrons. The van der Waals surface area contributed by atoms with E-state index >= 15 is 0 Å². The molecule has 1 aromatic carbocycles. The summed E-state index contributed by atoms with van der Waals surface area (Å²) in [6, 6.07) is 5.23. The molecule has 0 aliphatic carbocycles. The average molecular weight is 237 g/mol. The lowest BCUT2D eigenvalue weighted by atomic mass is 10.3. The van der Waals surface area contributed by atoms with Gasteiger partial charge in [-0.1, -0.05) is 0 Å². The Morgan fingerprint density at radius 2 is 2.06 bits per heavy atom. The van der Waals surface area contributed by atoms with Gasteiger partial charge in [-0.3, -0.25) is 4.68 Å². The number of aromatic nitrogens is 2. The minimum Gasteiger partial charge on any atom is -0.377 e. The van der Waals surface area contributed by atoms with Gasteiger partial charge in [-0.05, 0) is 31.2 Å². The molecule has 17 heavy (non-hydrogen) atoms. The number of hydrogen-bond donors (Lipinski definition) is 1. The van der Waals surface area contributed by atoms with Gasteiger partial charge < -0.3 is 5.32 Å². The second-order valence-corrected chi connectivity index (χ2v) is 3.88. The third-order valence-corrected chi connectivity index (χ3v) is 2.49. The number of benzene rings is 1. The Labute approximate surface area is 98.1 Å². The third kappa shape index (κ3) is 2.61. The van der Waals surface area contributed by atoms with Crippen molar-refractivity contribution in [2.24, 2.45) is 7.05 Å². The highest BCUT2D eigenvalue weighted by Gasteiger charge is 2.05. The molecule has 0 radical (unpaired) electrons. The highest BCUT2D eigenvalue weighted by Crippen LogP contribution is 2.16. The van der Waals surface area contributed by atoms with Crippen LogP contribution in [0.2, 0.25) is 0 Å². The predicted molar refractivity (Wildman–Crippen MR) is 61.6 cm³/mol. The first-order valence-corrected chi connectivity index (χ1v) is 5.24. The molecule has 0 aliphatic heterocycles. The molecular weight excluding hydrogens is 224 g/mol. The molecule has 5 heteroatoms. The molecule has 0 saturated carbocycles. The van der Waals surface area contributed by atoms with Gasteiger partial charge in [0.25, 0.3) is 0 Å². The Bertz CT molecular complexity index is 535. The first-order valence-electron chi connectivity index (χ1n) is 5.24. The van der Waals surface area contributed by atoms with Crippen LogP contribution in [-0.2, 0) is 13.6 Å². The topological polar surface area (TPSA) is 29.9 Å². The molecule has 0 amide bonds. The molecule has 1 heterocycles. The van der Waals surface area contributed by atoms with Crippen LogP contribution in [0.25, 0.3) is 0 Å². The summed E-state index contributed by atoms with van der Waals surface area (Å²) in [7, 11) is 1.81. The second kappa shape index (κ2) is 4.53. The summed E-state index contributed by atoms with van der Waals surface area (Å²) in [6.07, 6.45) is 0. The maximum absolute atomic E-state index is 13.3. The van der Waals surface area contributed by atoms with Crippen LogP contribution in [0.1, 0.15) is 11.4 Å². The fourth-order valence-electron chi connectivity index (χ4n) is 1.65. The van der Waals surface area contributed by atoms with Crippen LogP contribution in [0.5, 0.6) is 0 Å². The third-order valence-electron chi connectivity index (χ3n) is 2.49. The van der Waals surface area contributed by atoms with Crippen molar-refractivity contribution in [1.29, 1.82) is 0 Å². The molecule has 0 bridgehead atoms. The largest absolute Gasteiger partial charge is 0.377 e. The molecule has 0 aliphatic rings. The quantitative estimate of drug-likeness (QED) is 0.889. The SMILES string of the molecule is Cc1cc(CNc2cc(F)ccc2F)n(C)n1. The van der Waals surface area contributed by atoms with E-state index in [1.54, 1.807) is 4.68 Å². The summed E-state index contributed by atoms with van der Waals surface area (Å²) in [5.41, 5.74) is 1.96. The molecule has 0 fully saturated rings. The molecule has 1 N–H and O–H groups in total. The van der Waals surface area contributed by atoms with Crippen molar-refractivity contribution in [2.75, 3.05) is 5.32 Å². The Hall–Kier alpha value is -1.91. The first kappa shape index (κ1) is 11.6. The van der Waals surface area contributed by atoms with Gasteiger partial charge in [-0.25, -0.2) is 8.78 Å². The minimum absolute atomic E-state index is 0.156. The molecule has 0 atom stereocenters. The monoisotopic (exact) mass is 237 g/mol. The van der Waals surface area contributed by atoms with Crippen molar-refractivity contribution in [3.05, 3.63) is 47.3 Å². The second-order valence-electron chi connectivity index (χ2n) is 3.88.